The lowest BCUT2D eigenvalue weighted by molar-refractivity contribution is -0.135. The molecule has 0 amide bonds. The predicted octanol–water partition coefficient (Wildman–Crippen LogP) is 1.43. The molecular weight excluding hydrogens is 235 g/mol. The van der Waals surface area contributed by atoms with Gasteiger partial charge in [-0.05, 0) is 23.3 Å². The summed E-state index contributed by atoms with van der Waals surface area (Å²) in [5.74, 6) is -1.79. The molecule has 1 aromatic carbocycles. The third-order valence-electron chi connectivity index (χ3n) is 2.24. The van der Waals surface area contributed by atoms with Gasteiger partial charge in [0.2, 0.25) is 9.84 Å². The molecule has 0 bridgehead atoms. The molecule has 1 heterocycles. The van der Waals surface area contributed by atoms with E-state index in [1.165, 1.54) is 6.07 Å². The Kier molecular flexibility index (Phi) is 2.31. The summed E-state index contributed by atoms with van der Waals surface area (Å²) in [4.78, 5) is 10.4. The molecular formula is C10H7FO4S. The van der Waals surface area contributed by atoms with E-state index in [4.69, 9.17) is 5.11 Å². The molecule has 4 nitrogen and oxygen atoms in total. The lowest BCUT2D eigenvalue weighted by Gasteiger charge is -2.01. The number of fused-ring (bicyclic) bond motifs is 1. The van der Waals surface area contributed by atoms with Crippen molar-refractivity contribution in [2.75, 3.05) is 0 Å². The van der Waals surface area contributed by atoms with Crippen LogP contribution in [-0.4, -0.2) is 19.5 Å². The van der Waals surface area contributed by atoms with Crippen molar-refractivity contribution in [3.05, 3.63) is 35.0 Å². The number of rotatable bonds is 2. The van der Waals surface area contributed by atoms with Crippen molar-refractivity contribution in [2.24, 2.45) is 0 Å². The molecule has 0 aromatic heterocycles. The molecule has 1 aromatic rings. The third kappa shape index (κ3) is 1.71. The number of hydrogen-bond acceptors (Lipinski definition) is 3. The molecule has 1 aliphatic heterocycles. The minimum absolute atomic E-state index is 0.163. The lowest BCUT2D eigenvalue weighted by atomic mass is 10.1. The van der Waals surface area contributed by atoms with E-state index in [1.807, 2.05) is 0 Å². The van der Waals surface area contributed by atoms with Gasteiger partial charge < -0.3 is 5.11 Å². The fourth-order valence-electron chi connectivity index (χ4n) is 1.61. The molecule has 0 atom stereocenters. The van der Waals surface area contributed by atoms with Crippen LogP contribution in [0.4, 0.5) is 4.39 Å². The van der Waals surface area contributed by atoms with Crippen molar-refractivity contribution in [1.82, 2.24) is 0 Å². The summed E-state index contributed by atoms with van der Waals surface area (Å²) in [6.45, 7) is 0. The predicted molar refractivity (Wildman–Crippen MR) is 53.8 cm³/mol. The Morgan fingerprint density at radius 2 is 2.06 bits per heavy atom. The number of halogens is 1. The van der Waals surface area contributed by atoms with Gasteiger partial charge in [0.1, 0.15) is 5.82 Å². The van der Waals surface area contributed by atoms with Gasteiger partial charge in [-0.25, -0.2) is 12.8 Å². The van der Waals surface area contributed by atoms with Crippen molar-refractivity contribution in [3.8, 4) is 0 Å². The van der Waals surface area contributed by atoms with E-state index < -0.39 is 28.0 Å². The summed E-state index contributed by atoms with van der Waals surface area (Å²) in [5, 5.41) is 9.49. The van der Waals surface area contributed by atoms with Crippen molar-refractivity contribution in [1.29, 1.82) is 0 Å². The van der Waals surface area contributed by atoms with Gasteiger partial charge in [0, 0.05) is 5.41 Å². The van der Waals surface area contributed by atoms with Crippen LogP contribution in [0.15, 0.2) is 28.5 Å². The Hall–Kier alpha value is -1.69. The Morgan fingerprint density at radius 3 is 2.69 bits per heavy atom. The van der Waals surface area contributed by atoms with E-state index in [0.717, 1.165) is 17.5 Å². The number of hydrogen-bond donors (Lipinski definition) is 1. The molecule has 2 rings (SSSR count). The van der Waals surface area contributed by atoms with Gasteiger partial charge in [-0.1, -0.05) is 6.07 Å². The highest BCUT2D eigenvalue weighted by Crippen LogP contribution is 2.35. The zero-order valence-electron chi connectivity index (χ0n) is 7.97. The maximum atomic E-state index is 12.9. The number of carboxylic acids is 1. The monoisotopic (exact) mass is 242 g/mol. The van der Waals surface area contributed by atoms with E-state index in [0.29, 0.717) is 0 Å². The average molecular weight is 242 g/mol. The standard InChI is InChI=1S/C10H7FO4S/c11-7-1-2-8-6(3-10(12)13)5-16(14,15)9(8)4-7/h1-2,4-5H,3H2,(H,12,13). The summed E-state index contributed by atoms with van der Waals surface area (Å²) in [6.07, 6.45) is -0.391. The van der Waals surface area contributed by atoms with Crippen LogP contribution >= 0.6 is 0 Å². The molecule has 0 unspecified atom stereocenters. The smallest absolute Gasteiger partial charge is 0.307 e. The quantitative estimate of drug-likeness (QED) is 0.851. The summed E-state index contributed by atoms with van der Waals surface area (Å²) in [7, 11) is -3.69. The van der Waals surface area contributed by atoms with Crippen molar-refractivity contribution >= 4 is 21.4 Å². The number of carboxylic acid groups (broad SMARTS) is 1. The van der Waals surface area contributed by atoms with Crippen LogP contribution in [0.2, 0.25) is 0 Å². The first-order valence-electron chi connectivity index (χ1n) is 4.37. The molecule has 84 valence electrons. The van der Waals surface area contributed by atoms with Crippen molar-refractivity contribution in [2.45, 2.75) is 11.3 Å². The maximum absolute atomic E-state index is 12.9. The minimum atomic E-state index is -3.69. The molecule has 0 spiro atoms. The van der Waals surface area contributed by atoms with Crippen LogP contribution in [0.5, 0.6) is 0 Å². The SMILES string of the molecule is O=C(O)CC1=CS(=O)(=O)c2cc(F)ccc21. The Bertz CT molecular complexity index is 601. The Morgan fingerprint density at radius 1 is 1.38 bits per heavy atom. The maximum Gasteiger partial charge on any atom is 0.307 e. The molecule has 0 saturated heterocycles. The zero-order chi connectivity index (χ0) is 11.9. The highest BCUT2D eigenvalue weighted by atomic mass is 32.2. The molecule has 0 fully saturated rings. The summed E-state index contributed by atoms with van der Waals surface area (Å²) < 4.78 is 36.0. The second-order valence-corrected chi connectivity index (χ2v) is 5.16. The highest BCUT2D eigenvalue weighted by Gasteiger charge is 2.28. The first kappa shape index (κ1) is 10.8. The largest absolute Gasteiger partial charge is 0.481 e. The van der Waals surface area contributed by atoms with E-state index in [-0.39, 0.29) is 16.0 Å². The normalized spacial score (nSPS) is 16.7. The lowest BCUT2D eigenvalue weighted by Crippen LogP contribution is -1.96. The highest BCUT2D eigenvalue weighted by molar-refractivity contribution is 7.95. The number of benzene rings is 1. The summed E-state index contributed by atoms with van der Waals surface area (Å²) in [5.41, 5.74) is 0.450. The average Bonchev–Trinajstić information content (AvgIpc) is 2.37. The van der Waals surface area contributed by atoms with Crippen LogP contribution in [0.1, 0.15) is 12.0 Å². The topological polar surface area (TPSA) is 71.4 Å². The van der Waals surface area contributed by atoms with Crippen LogP contribution in [0, 0.1) is 5.82 Å². The fourth-order valence-corrected chi connectivity index (χ4v) is 3.11. The fraction of sp³-hybridized carbons (Fsp3) is 0.100. The van der Waals surface area contributed by atoms with Gasteiger partial charge in [0.05, 0.1) is 11.3 Å². The minimum Gasteiger partial charge on any atom is -0.481 e. The third-order valence-corrected chi connectivity index (χ3v) is 3.78. The van der Waals surface area contributed by atoms with E-state index in [1.54, 1.807) is 0 Å². The second-order valence-electron chi connectivity index (χ2n) is 3.40. The molecule has 6 heteroatoms. The Balaban J connectivity index is 2.60. The van der Waals surface area contributed by atoms with Crippen molar-refractivity contribution < 1.29 is 22.7 Å². The summed E-state index contributed by atoms with van der Waals surface area (Å²) >= 11 is 0. The van der Waals surface area contributed by atoms with Gasteiger partial charge >= 0.3 is 5.97 Å². The Labute approximate surface area is 90.9 Å². The molecule has 0 radical (unpaired) electrons. The van der Waals surface area contributed by atoms with Crippen LogP contribution in [-0.2, 0) is 14.6 Å². The van der Waals surface area contributed by atoms with Crippen molar-refractivity contribution in [3.63, 3.8) is 0 Å². The van der Waals surface area contributed by atoms with Gasteiger partial charge in [0.25, 0.3) is 0 Å². The molecule has 1 aliphatic rings. The van der Waals surface area contributed by atoms with E-state index >= 15 is 0 Å². The molecule has 0 saturated carbocycles. The van der Waals surface area contributed by atoms with Gasteiger partial charge in [0.15, 0.2) is 0 Å². The molecule has 16 heavy (non-hydrogen) atoms. The van der Waals surface area contributed by atoms with Gasteiger partial charge in [-0.15, -0.1) is 0 Å². The number of carbonyl (C=O) groups is 1. The molecule has 1 N–H and O–H groups in total. The van der Waals surface area contributed by atoms with Crippen LogP contribution < -0.4 is 0 Å². The summed E-state index contributed by atoms with van der Waals surface area (Å²) in [6, 6.07) is 3.29. The van der Waals surface area contributed by atoms with E-state index in [2.05, 4.69) is 0 Å². The number of aliphatic carboxylic acids is 1. The van der Waals surface area contributed by atoms with E-state index in [9.17, 15) is 17.6 Å². The zero-order valence-corrected chi connectivity index (χ0v) is 8.79. The number of sulfone groups is 1. The first-order valence-corrected chi connectivity index (χ1v) is 5.92. The molecule has 0 aliphatic carbocycles. The van der Waals surface area contributed by atoms with Crippen LogP contribution in [0.25, 0.3) is 5.57 Å². The first-order chi connectivity index (χ1) is 7.40. The van der Waals surface area contributed by atoms with Gasteiger partial charge in [-0.3, -0.25) is 4.79 Å². The van der Waals surface area contributed by atoms with Gasteiger partial charge in [-0.2, -0.15) is 0 Å². The van der Waals surface area contributed by atoms with Crippen LogP contribution in [0.3, 0.4) is 0 Å². The second kappa shape index (κ2) is 3.41.